The molecule has 2 heterocycles. The van der Waals surface area contributed by atoms with Crippen LogP contribution in [0.5, 0.6) is 11.5 Å². The van der Waals surface area contributed by atoms with E-state index in [0.29, 0.717) is 13.1 Å². The van der Waals surface area contributed by atoms with Crippen LogP contribution in [0.4, 0.5) is 4.79 Å². The number of carbonyl (C=O) groups is 1. The van der Waals surface area contributed by atoms with Crippen LogP contribution >= 0.6 is 0 Å². The molecule has 3 rings (SSSR count). The summed E-state index contributed by atoms with van der Waals surface area (Å²) >= 11 is 0. The van der Waals surface area contributed by atoms with Gasteiger partial charge in [-0.25, -0.2) is 4.79 Å². The third-order valence-corrected chi connectivity index (χ3v) is 11.2. The molecule has 0 bridgehead atoms. The zero-order valence-corrected chi connectivity index (χ0v) is 22.4. The number of hydrogen-bond donors (Lipinski definition) is 0. The van der Waals surface area contributed by atoms with Crippen LogP contribution in [0.1, 0.15) is 73.3 Å². The normalized spacial score (nSPS) is 21.9. The molecule has 0 aromatic heterocycles. The summed E-state index contributed by atoms with van der Waals surface area (Å²) in [5.74, 6) is 1.82. The van der Waals surface area contributed by atoms with Gasteiger partial charge in [0.05, 0.1) is 0 Å². The molecular formula is C26H41NO4Si. The summed E-state index contributed by atoms with van der Waals surface area (Å²) in [7, 11) is -1.90. The Bertz CT molecular complexity index is 894. The summed E-state index contributed by atoms with van der Waals surface area (Å²) in [6.07, 6.45) is 4.53. The second kappa shape index (κ2) is 8.43. The van der Waals surface area contributed by atoms with E-state index < -0.39 is 13.9 Å². The van der Waals surface area contributed by atoms with E-state index in [4.69, 9.17) is 13.9 Å². The van der Waals surface area contributed by atoms with E-state index in [-0.39, 0.29) is 16.7 Å². The van der Waals surface area contributed by atoms with Crippen molar-refractivity contribution in [3.05, 3.63) is 29.8 Å². The van der Waals surface area contributed by atoms with Crippen molar-refractivity contribution >= 4 is 20.0 Å². The first-order chi connectivity index (χ1) is 14.6. The van der Waals surface area contributed by atoms with E-state index in [9.17, 15) is 4.79 Å². The first-order valence-electron chi connectivity index (χ1n) is 11.8. The highest BCUT2D eigenvalue weighted by Gasteiger charge is 2.40. The van der Waals surface area contributed by atoms with E-state index in [0.717, 1.165) is 36.3 Å². The summed E-state index contributed by atoms with van der Waals surface area (Å²) in [6.45, 7) is 20.5. The standard InChI is InChI=1S/C26H41NO4Si/c1-19-18-26(13-10-15-27(16-14-26)23(28)30-24(2,3)4)29-22-12-11-20(17-21(19)22)31-32(8,9)25(5,6)7/h11-12,17-18H,10,13-16H2,1-9H3. The zero-order chi connectivity index (χ0) is 23.9. The Morgan fingerprint density at radius 2 is 1.78 bits per heavy atom. The van der Waals surface area contributed by atoms with Crippen LogP contribution in [0.25, 0.3) is 5.57 Å². The van der Waals surface area contributed by atoms with Crippen LogP contribution in [0, 0.1) is 0 Å². The number of ether oxygens (including phenoxy) is 2. The Kier molecular flexibility index (Phi) is 6.51. The van der Waals surface area contributed by atoms with E-state index in [1.807, 2.05) is 37.8 Å². The quantitative estimate of drug-likeness (QED) is 0.446. The third kappa shape index (κ3) is 5.51. The number of fused-ring (bicyclic) bond motifs is 1. The van der Waals surface area contributed by atoms with Crippen LogP contribution in [-0.2, 0) is 4.74 Å². The maximum Gasteiger partial charge on any atom is 0.410 e. The van der Waals surface area contributed by atoms with Crippen molar-refractivity contribution < 1.29 is 18.7 Å². The monoisotopic (exact) mass is 459 g/mol. The van der Waals surface area contributed by atoms with Gasteiger partial charge in [-0.2, -0.15) is 0 Å². The van der Waals surface area contributed by atoms with E-state index in [2.05, 4.69) is 52.9 Å². The number of nitrogens with zero attached hydrogens (tertiary/aromatic N) is 1. The van der Waals surface area contributed by atoms with Gasteiger partial charge in [0.1, 0.15) is 22.7 Å². The van der Waals surface area contributed by atoms with Crippen molar-refractivity contribution in [2.24, 2.45) is 0 Å². The Morgan fingerprint density at radius 1 is 1.09 bits per heavy atom. The molecule has 1 aromatic rings. The van der Waals surface area contributed by atoms with Gasteiger partial charge in [0, 0.05) is 25.1 Å². The fraction of sp³-hybridized carbons (Fsp3) is 0.654. The Balaban J connectivity index is 1.77. The summed E-state index contributed by atoms with van der Waals surface area (Å²) < 4.78 is 18.7. The second-order valence-electron chi connectivity index (χ2n) is 11.8. The molecule has 1 unspecified atom stereocenters. The minimum absolute atomic E-state index is 0.148. The van der Waals surface area contributed by atoms with Crippen LogP contribution in [0.3, 0.4) is 0 Å². The van der Waals surface area contributed by atoms with Crippen molar-refractivity contribution in [2.45, 2.75) is 97.1 Å². The fourth-order valence-corrected chi connectivity index (χ4v) is 5.05. The van der Waals surface area contributed by atoms with Gasteiger partial charge in [-0.15, -0.1) is 0 Å². The Labute approximate surface area is 195 Å². The molecule has 0 aliphatic carbocycles. The number of likely N-dealkylation sites (tertiary alicyclic amines) is 1. The molecule has 178 valence electrons. The van der Waals surface area contributed by atoms with Gasteiger partial charge in [-0.3, -0.25) is 0 Å². The molecule has 0 radical (unpaired) electrons. The molecule has 2 aliphatic heterocycles. The molecule has 0 N–H and O–H groups in total. The number of allylic oxidation sites excluding steroid dienone is 1. The molecule has 1 saturated heterocycles. The first kappa shape index (κ1) is 24.7. The highest BCUT2D eigenvalue weighted by Crippen LogP contribution is 2.43. The van der Waals surface area contributed by atoms with Gasteiger partial charge >= 0.3 is 6.09 Å². The van der Waals surface area contributed by atoms with Crippen molar-refractivity contribution in [3.8, 4) is 11.5 Å². The van der Waals surface area contributed by atoms with Gasteiger partial charge in [0.25, 0.3) is 0 Å². The van der Waals surface area contributed by atoms with Gasteiger partial charge < -0.3 is 18.8 Å². The van der Waals surface area contributed by atoms with Gasteiger partial charge in [0.15, 0.2) is 0 Å². The van der Waals surface area contributed by atoms with E-state index in [1.54, 1.807) is 0 Å². The zero-order valence-electron chi connectivity index (χ0n) is 21.4. The molecule has 1 atom stereocenters. The lowest BCUT2D eigenvalue weighted by Gasteiger charge is -2.38. The minimum atomic E-state index is -1.90. The number of benzene rings is 1. The summed E-state index contributed by atoms with van der Waals surface area (Å²) in [6, 6.07) is 6.21. The van der Waals surface area contributed by atoms with Crippen molar-refractivity contribution in [1.29, 1.82) is 0 Å². The van der Waals surface area contributed by atoms with Crippen LogP contribution in [0.2, 0.25) is 18.1 Å². The molecule has 5 nitrogen and oxygen atoms in total. The molecule has 32 heavy (non-hydrogen) atoms. The topological polar surface area (TPSA) is 48.0 Å². The molecule has 1 amide bonds. The summed E-state index contributed by atoms with van der Waals surface area (Å²) in [5, 5.41) is 0.148. The SMILES string of the molecule is CC1=CC2(CCCN(C(=O)OC(C)(C)C)CC2)Oc2ccc(O[Si](C)(C)C(C)(C)C)cc21. The molecular weight excluding hydrogens is 418 g/mol. The van der Waals surface area contributed by atoms with E-state index >= 15 is 0 Å². The highest BCUT2D eigenvalue weighted by molar-refractivity contribution is 6.74. The predicted octanol–water partition coefficient (Wildman–Crippen LogP) is 7.03. The van der Waals surface area contributed by atoms with Crippen LogP contribution < -0.4 is 9.16 Å². The highest BCUT2D eigenvalue weighted by atomic mass is 28.4. The van der Waals surface area contributed by atoms with Crippen molar-refractivity contribution in [3.63, 3.8) is 0 Å². The molecule has 2 aliphatic rings. The lowest BCUT2D eigenvalue weighted by molar-refractivity contribution is 0.0243. The smallest absolute Gasteiger partial charge is 0.410 e. The maximum absolute atomic E-state index is 12.6. The van der Waals surface area contributed by atoms with Crippen LogP contribution in [0.15, 0.2) is 24.3 Å². The van der Waals surface area contributed by atoms with Gasteiger partial charge in [0.2, 0.25) is 8.32 Å². The Hall–Kier alpha value is -1.95. The largest absolute Gasteiger partial charge is 0.543 e. The fourth-order valence-electron chi connectivity index (χ4n) is 4.02. The lowest BCUT2D eigenvalue weighted by atomic mass is 9.87. The molecule has 1 fully saturated rings. The number of carbonyl (C=O) groups excluding carboxylic acids is 1. The summed E-state index contributed by atoms with van der Waals surface area (Å²) in [5.41, 5.74) is 1.44. The first-order valence-corrected chi connectivity index (χ1v) is 14.7. The minimum Gasteiger partial charge on any atom is -0.543 e. The van der Waals surface area contributed by atoms with Crippen LogP contribution in [-0.4, -0.2) is 43.6 Å². The molecule has 1 spiro atoms. The van der Waals surface area contributed by atoms with Crippen molar-refractivity contribution in [2.75, 3.05) is 13.1 Å². The molecule has 1 aromatic carbocycles. The van der Waals surface area contributed by atoms with Gasteiger partial charge in [-0.1, -0.05) is 20.8 Å². The van der Waals surface area contributed by atoms with Gasteiger partial charge in [-0.05, 0) is 88.5 Å². The Morgan fingerprint density at radius 3 is 2.41 bits per heavy atom. The lowest BCUT2D eigenvalue weighted by Crippen LogP contribution is -2.44. The average molecular weight is 460 g/mol. The number of rotatable bonds is 2. The number of hydrogen-bond acceptors (Lipinski definition) is 4. The predicted molar refractivity (Wildman–Crippen MR) is 133 cm³/mol. The molecule has 0 saturated carbocycles. The third-order valence-electron chi connectivity index (χ3n) is 6.83. The second-order valence-corrected chi connectivity index (χ2v) is 16.6. The maximum atomic E-state index is 12.6. The van der Waals surface area contributed by atoms with E-state index in [1.165, 1.54) is 5.57 Å². The molecule has 6 heteroatoms. The average Bonchev–Trinajstić information content (AvgIpc) is 2.82. The number of amides is 1. The van der Waals surface area contributed by atoms with Crippen molar-refractivity contribution in [1.82, 2.24) is 4.90 Å². The summed E-state index contributed by atoms with van der Waals surface area (Å²) in [4.78, 5) is 14.4.